The van der Waals surface area contributed by atoms with E-state index in [0.717, 1.165) is 36.6 Å². The molecule has 5 heteroatoms. The number of H-pyrrole nitrogens is 1. The van der Waals surface area contributed by atoms with Crippen LogP contribution in [0.1, 0.15) is 11.4 Å². The maximum atomic E-state index is 5.28. The fraction of sp³-hybridized carbons (Fsp3) is 0.333. The molecule has 2 aromatic rings. The van der Waals surface area contributed by atoms with E-state index in [1.807, 2.05) is 18.2 Å². The van der Waals surface area contributed by atoms with Crippen molar-refractivity contribution in [3.63, 3.8) is 0 Å². The van der Waals surface area contributed by atoms with Crippen LogP contribution in [0.5, 0.6) is 5.75 Å². The second kappa shape index (κ2) is 6.00. The van der Waals surface area contributed by atoms with Gasteiger partial charge in [-0.25, -0.2) is 4.98 Å². The molecule has 0 bridgehead atoms. The molecule has 2 rings (SSSR count). The second-order valence-corrected chi connectivity index (χ2v) is 3.67. The Morgan fingerprint density at radius 3 is 3.00 bits per heavy atom. The molecule has 0 atom stereocenters. The summed E-state index contributed by atoms with van der Waals surface area (Å²) < 4.78 is 5.28. The van der Waals surface area contributed by atoms with Crippen LogP contribution in [0, 0.1) is 0 Å². The van der Waals surface area contributed by atoms with Gasteiger partial charge in [-0.05, 0) is 6.07 Å². The van der Waals surface area contributed by atoms with Crippen LogP contribution in [0.15, 0.2) is 30.6 Å². The number of aromatic nitrogens is 3. The molecule has 0 saturated carbocycles. The Bertz CT molecular complexity index is 442. The third-order valence-electron chi connectivity index (χ3n) is 2.51. The topological polar surface area (TPSA) is 62.8 Å². The highest BCUT2D eigenvalue weighted by molar-refractivity contribution is 5.32. The van der Waals surface area contributed by atoms with Gasteiger partial charge in [0.15, 0.2) is 0 Å². The zero-order chi connectivity index (χ0) is 11.9. The van der Waals surface area contributed by atoms with E-state index in [9.17, 15) is 0 Å². The molecule has 1 aromatic heterocycles. The fourth-order valence-corrected chi connectivity index (χ4v) is 1.63. The van der Waals surface area contributed by atoms with Crippen LogP contribution in [0.2, 0.25) is 0 Å². The number of hydrogen-bond acceptors (Lipinski definition) is 4. The van der Waals surface area contributed by atoms with Gasteiger partial charge in [-0.1, -0.05) is 18.2 Å². The Balaban J connectivity index is 1.78. The lowest BCUT2D eigenvalue weighted by atomic mass is 10.2. The van der Waals surface area contributed by atoms with Crippen molar-refractivity contribution in [2.45, 2.75) is 13.0 Å². The first-order chi connectivity index (χ1) is 8.40. The summed E-state index contributed by atoms with van der Waals surface area (Å²) in [6.07, 6.45) is 2.37. The van der Waals surface area contributed by atoms with Gasteiger partial charge in [0.1, 0.15) is 17.9 Å². The highest BCUT2D eigenvalue weighted by Crippen LogP contribution is 2.16. The molecule has 17 heavy (non-hydrogen) atoms. The van der Waals surface area contributed by atoms with Crippen molar-refractivity contribution in [2.24, 2.45) is 0 Å². The third-order valence-corrected chi connectivity index (χ3v) is 2.51. The number of aromatic amines is 1. The SMILES string of the molecule is COc1ccccc1CNCCc1ncn[nH]1. The average molecular weight is 232 g/mol. The minimum atomic E-state index is 0.790. The molecule has 0 radical (unpaired) electrons. The lowest BCUT2D eigenvalue weighted by Gasteiger charge is -2.08. The highest BCUT2D eigenvalue weighted by Gasteiger charge is 2.01. The van der Waals surface area contributed by atoms with Gasteiger partial charge in [0.2, 0.25) is 0 Å². The largest absolute Gasteiger partial charge is 0.496 e. The van der Waals surface area contributed by atoms with Crippen molar-refractivity contribution in [2.75, 3.05) is 13.7 Å². The van der Waals surface area contributed by atoms with Gasteiger partial charge < -0.3 is 10.1 Å². The summed E-state index contributed by atoms with van der Waals surface area (Å²) in [7, 11) is 1.69. The standard InChI is InChI=1S/C12H16N4O/c1-17-11-5-3-2-4-10(11)8-13-7-6-12-14-9-15-16-12/h2-5,9,13H,6-8H2,1H3,(H,14,15,16). The van der Waals surface area contributed by atoms with E-state index < -0.39 is 0 Å². The van der Waals surface area contributed by atoms with E-state index >= 15 is 0 Å². The van der Waals surface area contributed by atoms with Crippen LogP contribution in [-0.2, 0) is 13.0 Å². The van der Waals surface area contributed by atoms with E-state index in [2.05, 4.69) is 26.6 Å². The number of ether oxygens (including phenoxy) is 1. The minimum Gasteiger partial charge on any atom is -0.496 e. The van der Waals surface area contributed by atoms with Crippen LogP contribution in [0.4, 0.5) is 0 Å². The molecule has 5 nitrogen and oxygen atoms in total. The molecule has 0 unspecified atom stereocenters. The van der Waals surface area contributed by atoms with Crippen molar-refractivity contribution >= 4 is 0 Å². The van der Waals surface area contributed by atoms with E-state index in [4.69, 9.17) is 4.74 Å². The Hall–Kier alpha value is -1.88. The molecule has 1 aromatic carbocycles. The summed E-state index contributed by atoms with van der Waals surface area (Å²) in [6, 6.07) is 8.00. The van der Waals surface area contributed by atoms with Crippen molar-refractivity contribution in [3.05, 3.63) is 42.0 Å². The van der Waals surface area contributed by atoms with Gasteiger partial charge >= 0.3 is 0 Å². The Morgan fingerprint density at radius 1 is 1.35 bits per heavy atom. The molecule has 0 fully saturated rings. The van der Waals surface area contributed by atoms with E-state index in [1.54, 1.807) is 7.11 Å². The van der Waals surface area contributed by atoms with Crippen LogP contribution in [0.3, 0.4) is 0 Å². The summed E-state index contributed by atoms with van der Waals surface area (Å²) in [4.78, 5) is 4.06. The smallest absolute Gasteiger partial charge is 0.137 e. The number of hydrogen-bond donors (Lipinski definition) is 2. The first-order valence-corrected chi connectivity index (χ1v) is 5.57. The van der Waals surface area contributed by atoms with Gasteiger partial charge in [-0.15, -0.1) is 0 Å². The molecule has 0 amide bonds. The van der Waals surface area contributed by atoms with E-state index in [0.29, 0.717) is 0 Å². The maximum absolute atomic E-state index is 5.28. The number of para-hydroxylation sites is 1. The van der Waals surface area contributed by atoms with Gasteiger partial charge in [0, 0.05) is 25.1 Å². The molecule has 0 aliphatic heterocycles. The quantitative estimate of drug-likeness (QED) is 0.733. The summed E-state index contributed by atoms with van der Waals surface area (Å²) in [5.74, 6) is 1.82. The fourth-order valence-electron chi connectivity index (χ4n) is 1.63. The summed E-state index contributed by atoms with van der Waals surface area (Å²) >= 11 is 0. The number of nitrogens with zero attached hydrogens (tertiary/aromatic N) is 2. The molecule has 90 valence electrons. The normalized spacial score (nSPS) is 10.4. The lowest BCUT2D eigenvalue weighted by Crippen LogP contribution is -2.17. The van der Waals surface area contributed by atoms with Crippen molar-refractivity contribution < 1.29 is 4.74 Å². The Morgan fingerprint density at radius 2 is 2.24 bits per heavy atom. The zero-order valence-corrected chi connectivity index (χ0v) is 9.81. The van der Waals surface area contributed by atoms with Gasteiger partial charge in [0.25, 0.3) is 0 Å². The summed E-state index contributed by atoms with van der Waals surface area (Å²) in [5.41, 5.74) is 1.16. The molecular formula is C12H16N4O. The van der Waals surface area contributed by atoms with Crippen molar-refractivity contribution in [1.82, 2.24) is 20.5 Å². The number of benzene rings is 1. The maximum Gasteiger partial charge on any atom is 0.137 e. The number of nitrogens with one attached hydrogen (secondary N) is 2. The number of methoxy groups -OCH3 is 1. The van der Waals surface area contributed by atoms with Crippen LogP contribution >= 0.6 is 0 Å². The lowest BCUT2D eigenvalue weighted by molar-refractivity contribution is 0.408. The van der Waals surface area contributed by atoms with E-state index in [1.165, 1.54) is 6.33 Å². The predicted molar refractivity (Wildman–Crippen MR) is 64.8 cm³/mol. The Kier molecular flexibility index (Phi) is 4.10. The molecule has 0 saturated heterocycles. The van der Waals surface area contributed by atoms with Crippen LogP contribution in [-0.4, -0.2) is 28.8 Å². The predicted octanol–water partition coefficient (Wildman–Crippen LogP) is 1.15. The van der Waals surface area contributed by atoms with Gasteiger partial charge in [-0.3, -0.25) is 5.10 Å². The highest BCUT2D eigenvalue weighted by atomic mass is 16.5. The second-order valence-electron chi connectivity index (χ2n) is 3.67. The molecule has 0 aliphatic rings. The number of rotatable bonds is 6. The van der Waals surface area contributed by atoms with Gasteiger partial charge in [0.05, 0.1) is 7.11 Å². The first kappa shape index (κ1) is 11.6. The van der Waals surface area contributed by atoms with Crippen LogP contribution in [0.25, 0.3) is 0 Å². The summed E-state index contributed by atoms with van der Waals surface area (Å²) in [5, 5.41) is 9.98. The summed E-state index contributed by atoms with van der Waals surface area (Å²) in [6.45, 7) is 1.64. The molecular weight excluding hydrogens is 216 g/mol. The van der Waals surface area contributed by atoms with Crippen molar-refractivity contribution in [3.8, 4) is 5.75 Å². The minimum absolute atomic E-state index is 0.790. The molecule has 0 aliphatic carbocycles. The van der Waals surface area contributed by atoms with Crippen molar-refractivity contribution in [1.29, 1.82) is 0 Å². The Labute approximate surface area is 100 Å². The third kappa shape index (κ3) is 3.29. The van der Waals surface area contributed by atoms with E-state index in [-0.39, 0.29) is 0 Å². The molecule has 0 spiro atoms. The van der Waals surface area contributed by atoms with Crippen LogP contribution < -0.4 is 10.1 Å². The zero-order valence-electron chi connectivity index (χ0n) is 9.81. The molecule has 1 heterocycles. The van der Waals surface area contributed by atoms with Gasteiger partial charge in [-0.2, -0.15) is 5.10 Å². The average Bonchev–Trinajstić information content (AvgIpc) is 2.88. The molecule has 2 N–H and O–H groups in total. The first-order valence-electron chi connectivity index (χ1n) is 5.57. The monoisotopic (exact) mass is 232 g/mol.